The van der Waals surface area contributed by atoms with Crippen molar-refractivity contribution in [3.63, 3.8) is 0 Å². The third kappa shape index (κ3) is 3.17. The predicted molar refractivity (Wildman–Crippen MR) is 68.8 cm³/mol. The van der Waals surface area contributed by atoms with E-state index in [-0.39, 0.29) is 8.55 Å². The molecule has 2 atom stereocenters. The first-order chi connectivity index (χ1) is 9.53. The van der Waals surface area contributed by atoms with Gasteiger partial charge in [0.15, 0.2) is 0 Å². The molecule has 0 saturated carbocycles. The van der Waals surface area contributed by atoms with Gasteiger partial charge in [0.05, 0.1) is 16.2 Å². The zero-order valence-electron chi connectivity index (χ0n) is 10.2. The van der Waals surface area contributed by atoms with Gasteiger partial charge >= 0.3 is 12.1 Å². The first-order valence-corrected chi connectivity index (χ1v) is 8.22. The van der Waals surface area contributed by atoms with E-state index < -0.39 is 47.1 Å². The van der Waals surface area contributed by atoms with Gasteiger partial charge in [-0.15, -0.1) is 11.3 Å². The van der Waals surface area contributed by atoms with Gasteiger partial charge < -0.3 is 5.11 Å². The van der Waals surface area contributed by atoms with E-state index in [1.807, 2.05) is 0 Å². The van der Waals surface area contributed by atoms with Crippen LogP contribution in [0, 0.1) is 11.8 Å². The van der Waals surface area contributed by atoms with Crippen LogP contribution >= 0.6 is 22.9 Å². The number of nitrogens with zero attached hydrogens (tertiary/aromatic N) is 1. The van der Waals surface area contributed by atoms with Crippen LogP contribution in [-0.2, 0) is 14.8 Å². The van der Waals surface area contributed by atoms with Crippen LogP contribution in [0.3, 0.4) is 0 Å². The minimum atomic E-state index is -4.78. The molecule has 1 aliphatic rings. The molecule has 0 bridgehead atoms. The highest BCUT2D eigenvalue weighted by molar-refractivity contribution is 7.91. The summed E-state index contributed by atoms with van der Waals surface area (Å²) in [6.45, 7) is -1.62. The second-order valence-corrected chi connectivity index (χ2v) is 8.35. The summed E-state index contributed by atoms with van der Waals surface area (Å²) < 4.78 is 63.4. The lowest BCUT2D eigenvalue weighted by Crippen LogP contribution is -2.34. The van der Waals surface area contributed by atoms with Crippen LogP contribution < -0.4 is 0 Å². The van der Waals surface area contributed by atoms with Crippen LogP contribution in [0.2, 0.25) is 4.34 Å². The molecule has 1 aromatic heterocycles. The highest BCUT2D eigenvalue weighted by Gasteiger charge is 2.55. The van der Waals surface area contributed by atoms with Crippen molar-refractivity contribution in [2.75, 3.05) is 13.1 Å². The van der Waals surface area contributed by atoms with Crippen LogP contribution in [-0.4, -0.2) is 43.1 Å². The van der Waals surface area contributed by atoms with Crippen molar-refractivity contribution in [2.24, 2.45) is 11.8 Å². The molecule has 2 rings (SSSR count). The van der Waals surface area contributed by atoms with Gasteiger partial charge in [-0.1, -0.05) is 11.6 Å². The molecule has 0 spiro atoms. The molecule has 118 valence electrons. The minimum Gasteiger partial charge on any atom is -0.481 e. The molecule has 21 heavy (non-hydrogen) atoms. The summed E-state index contributed by atoms with van der Waals surface area (Å²) in [5.74, 6) is -5.70. The molecule has 1 fully saturated rings. The van der Waals surface area contributed by atoms with E-state index in [0.29, 0.717) is 15.6 Å². The van der Waals surface area contributed by atoms with Gasteiger partial charge in [-0.3, -0.25) is 4.79 Å². The monoisotopic (exact) mass is 363 g/mol. The fourth-order valence-electron chi connectivity index (χ4n) is 2.11. The lowest BCUT2D eigenvalue weighted by molar-refractivity contribution is -0.187. The fourth-order valence-corrected chi connectivity index (χ4v) is 5.24. The van der Waals surface area contributed by atoms with Crippen LogP contribution in [0.5, 0.6) is 0 Å². The van der Waals surface area contributed by atoms with E-state index in [4.69, 9.17) is 16.7 Å². The topological polar surface area (TPSA) is 74.7 Å². The van der Waals surface area contributed by atoms with E-state index >= 15 is 0 Å². The Kier molecular flexibility index (Phi) is 4.26. The summed E-state index contributed by atoms with van der Waals surface area (Å²) in [6.07, 6.45) is -4.78. The van der Waals surface area contributed by atoms with Crippen molar-refractivity contribution < 1.29 is 31.5 Å². The molecule has 1 N–H and O–H groups in total. The Morgan fingerprint density at radius 2 is 2.00 bits per heavy atom. The number of carboxylic acid groups (broad SMARTS) is 1. The number of sulfonamides is 1. The van der Waals surface area contributed by atoms with E-state index in [1.54, 1.807) is 0 Å². The van der Waals surface area contributed by atoms with Crippen molar-refractivity contribution in [2.45, 2.75) is 10.4 Å². The molecule has 11 heteroatoms. The number of alkyl halides is 3. The summed E-state index contributed by atoms with van der Waals surface area (Å²) in [7, 11) is -4.17. The molecule has 0 amide bonds. The van der Waals surface area contributed by atoms with Gasteiger partial charge in [-0.2, -0.15) is 17.5 Å². The average molecular weight is 364 g/mol. The van der Waals surface area contributed by atoms with Crippen molar-refractivity contribution in [1.82, 2.24) is 4.31 Å². The molecular weight excluding hydrogens is 355 g/mol. The zero-order valence-corrected chi connectivity index (χ0v) is 12.6. The molecular formula is C10H9ClF3NO4S2. The van der Waals surface area contributed by atoms with Crippen LogP contribution in [0.1, 0.15) is 0 Å². The lowest BCUT2D eigenvalue weighted by atomic mass is 9.96. The molecule has 2 heterocycles. The number of carboxylic acids is 1. The van der Waals surface area contributed by atoms with Gasteiger partial charge in [-0.05, 0) is 12.1 Å². The number of carbonyl (C=O) groups is 1. The number of aliphatic carboxylic acids is 1. The first kappa shape index (κ1) is 16.5. The fraction of sp³-hybridized carbons (Fsp3) is 0.500. The highest BCUT2D eigenvalue weighted by atomic mass is 35.5. The Bertz CT molecular complexity index is 658. The molecule has 1 aliphatic heterocycles. The zero-order chi connectivity index (χ0) is 16.0. The molecule has 0 aromatic carbocycles. The Balaban J connectivity index is 2.33. The SMILES string of the molecule is O=C(O)[C@@H]1CN(S(=O)(=O)c2ccc(Cl)s2)C[C@H]1C(F)(F)F. The third-order valence-corrected chi connectivity index (χ3v) is 6.70. The summed E-state index contributed by atoms with van der Waals surface area (Å²) in [5.41, 5.74) is 0. The number of halogens is 4. The van der Waals surface area contributed by atoms with E-state index in [2.05, 4.69) is 0 Å². The van der Waals surface area contributed by atoms with Crippen molar-refractivity contribution in [1.29, 1.82) is 0 Å². The second-order valence-electron chi connectivity index (χ2n) is 4.47. The summed E-state index contributed by atoms with van der Waals surface area (Å²) in [5, 5.41) is 8.87. The average Bonchev–Trinajstić information content (AvgIpc) is 2.93. The maximum absolute atomic E-state index is 12.8. The second kappa shape index (κ2) is 5.41. The maximum atomic E-state index is 12.8. The van der Waals surface area contributed by atoms with Gasteiger partial charge in [-0.25, -0.2) is 8.42 Å². The third-order valence-electron chi connectivity index (χ3n) is 3.17. The van der Waals surface area contributed by atoms with Gasteiger partial charge in [0.2, 0.25) is 0 Å². The Labute approximate surface area is 127 Å². The van der Waals surface area contributed by atoms with Crippen LogP contribution in [0.4, 0.5) is 13.2 Å². The Hall–Kier alpha value is -0.840. The molecule has 1 aromatic rings. The summed E-state index contributed by atoms with van der Waals surface area (Å²) in [6, 6.07) is 2.49. The largest absolute Gasteiger partial charge is 0.481 e. The van der Waals surface area contributed by atoms with Crippen molar-refractivity contribution >= 4 is 38.9 Å². The lowest BCUT2D eigenvalue weighted by Gasteiger charge is -2.18. The molecule has 0 aliphatic carbocycles. The van der Waals surface area contributed by atoms with Crippen LogP contribution in [0.25, 0.3) is 0 Å². The smallest absolute Gasteiger partial charge is 0.393 e. The highest BCUT2D eigenvalue weighted by Crippen LogP contribution is 2.40. The van der Waals surface area contributed by atoms with E-state index in [1.165, 1.54) is 12.1 Å². The molecule has 5 nitrogen and oxygen atoms in total. The summed E-state index contributed by atoms with van der Waals surface area (Å²) in [4.78, 5) is 10.9. The van der Waals surface area contributed by atoms with Gasteiger partial charge in [0.25, 0.3) is 10.0 Å². The molecule has 1 saturated heterocycles. The number of hydrogen-bond acceptors (Lipinski definition) is 4. The quantitative estimate of drug-likeness (QED) is 0.894. The number of rotatable bonds is 3. The molecule has 0 radical (unpaired) electrons. The number of hydrogen-bond donors (Lipinski definition) is 1. The number of thiophene rings is 1. The van der Waals surface area contributed by atoms with E-state index in [0.717, 1.165) is 0 Å². The Morgan fingerprint density at radius 1 is 1.38 bits per heavy atom. The summed E-state index contributed by atoms with van der Waals surface area (Å²) >= 11 is 6.32. The van der Waals surface area contributed by atoms with Gasteiger partial charge in [0.1, 0.15) is 4.21 Å². The first-order valence-electron chi connectivity index (χ1n) is 5.58. The predicted octanol–water partition coefficient (Wildman–Crippen LogP) is 2.29. The normalized spacial score (nSPS) is 24.4. The maximum Gasteiger partial charge on any atom is 0.393 e. The van der Waals surface area contributed by atoms with Crippen molar-refractivity contribution in [3.05, 3.63) is 16.5 Å². The van der Waals surface area contributed by atoms with E-state index in [9.17, 15) is 26.4 Å². The van der Waals surface area contributed by atoms with Crippen molar-refractivity contribution in [3.8, 4) is 0 Å². The molecule has 0 unspecified atom stereocenters. The minimum absolute atomic E-state index is 0.176. The van der Waals surface area contributed by atoms with Gasteiger partial charge in [0, 0.05) is 13.1 Å². The Morgan fingerprint density at radius 3 is 2.38 bits per heavy atom. The standard InChI is InChI=1S/C10H9ClF3NO4S2/c11-7-1-2-8(20-7)21(18,19)15-3-5(9(16)17)6(4-15)10(12,13)14/h1-2,5-6H,3-4H2,(H,16,17)/t5-,6-/m1/s1. The van der Waals surface area contributed by atoms with Crippen LogP contribution in [0.15, 0.2) is 16.3 Å².